The fourth-order valence-electron chi connectivity index (χ4n) is 1.95. The van der Waals surface area contributed by atoms with Crippen LogP contribution in [0.1, 0.15) is 10.4 Å². The molecule has 0 heterocycles. The van der Waals surface area contributed by atoms with Crippen molar-refractivity contribution in [2.24, 2.45) is 0 Å². The summed E-state index contributed by atoms with van der Waals surface area (Å²) < 4.78 is 45.0. The maximum atomic E-state index is 12.1. The predicted molar refractivity (Wildman–Crippen MR) is 85.7 cm³/mol. The number of rotatable bonds is 7. The molecule has 0 aliphatic carbocycles. The number of benzene rings is 2. The summed E-state index contributed by atoms with van der Waals surface area (Å²) in [6.07, 6.45) is -4.40. The standard InChI is InChI=1S/C16H11F3N2O6/c17-16(18,19)27-12-4-2-11(3-5-12)20-15(23)9-26-14-6-1-10(8-22)7-13(14)21(24)25/h1-8H,9H2,(H,20,23). The summed E-state index contributed by atoms with van der Waals surface area (Å²) in [5, 5.41) is 13.3. The van der Waals surface area contributed by atoms with E-state index in [0.717, 1.165) is 18.2 Å². The monoisotopic (exact) mass is 384 g/mol. The van der Waals surface area contributed by atoms with Crippen LogP contribution in [0, 0.1) is 10.1 Å². The second-order valence-corrected chi connectivity index (χ2v) is 5.01. The Kier molecular flexibility index (Phi) is 5.96. The SMILES string of the molecule is O=Cc1ccc(OCC(=O)Nc2ccc(OC(F)(F)F)cc2)c([N+](=O)[O-])c1. The van der Waals surface area contributed by atoms with Gasteiger partial charge in [0.15, 0.2) is 12.4 Å². The third-order valence-electron chi connectivity index (χ3n) is 3.05. The quantitative estimate of drug-likeness (QED) is 0.446. The molecule has 2 rings (SSSR count). The van der Waals surface area contributed by atoms with Crippen LogP contribution < -0.4 is 14.8 Å². The van der Waals surface area contributed by atoms with Gasteiger partial charge in [0.2, 0.25) is 0 Å². The van der Waals surface area contributed by atoms with Crippen LogP contribution in [0.5, 0.6) is 11.5 Å². The van der Waals surface area contributed by atoms with Gasteiger partial charge in [0.1, 0.15) is 12.0 Å². The first kappa shape index (κ1) is 19.7. The Morgan fingerprint density at radius 3 is 2.41 bits per heavy atom. The number of nitrogens with one attached hydrogen (secondary N) is 1. The van der Waals surface area contributed by atoms with Crippen molar-refractivity contribution in [1.82, 2.24) is 0 Å². The van der Waals surface area contributed by atoms with Crippen LogP contribution in [0.15, 0.2) is 42.5 Å². The lowest BCUT2D eigenvalue weighted by Crippen LogP contribution is -2.20. The van der Waals surface area contributed by atoms with Gasteiger partial charge in [-0.25, -0.2) is 0 Å². The molecule has 0 bridgehead atoms. The molecule has 0 fully saturated rings. The summed E-state index contributed by atoms with van der Waals surface area (Å²) >= 11 is 0. The van der Waals surface area contributed by atoms with Crippen molar-refractivity contribution in [2.75, 3.05) is 11.9 Å². The first-order valence-electron chi connectivity index (χ1n) is 7.20. The topological polar surface area (TPSA) is 108 Å². The number of halogens is 3. The summed E-state index contributed by atoms with van der Waals surface area (Å²) in [5.74, 6) is -1.37. The summed E-state index contributed by atoms with van der Waals surface area (Å²) in [4.78, 5) is 32.7. The molecule has 0 atom stereocenters. The van der Waals surface area contributed by atoms with Gasteiger partial charge in [-0.2, -0.15) is 0 Å². The minimum Gasteiger partial charge on any atom is -0.477 e. The third kappa shape index (κ3) is 5.99. The van der Waals surface area contributed by atoms with E-state index in [1.54, 1.807) is 0 Å². The van der Waals surface area contributed by atoms with Crippen molar-refractivity contribution in [3.63, 3.8) is 0 Å². The highest BCUT2D eigenvalue weighted by Crippen LogP contribution is 2.27. The molecular formula is C16H11F3N2O6. The highest BCUT2D eigenvalue weighted by Gasteiger charge is 2.31. The largest absolute Gasteiger partial charge is 0.573 e. The summed E-state index contributed by atoms with van der Waals surface area (Å²) in [6, 6.07) is 7.84. The normalized spacial score (nSPS) is 10.8. The molecule has 0 aliphatic rings. The average molecular weight is 384 g/mol. The number of alkyl halides is 3. The zero-order chi connectivity index (χ0) is 20.0. The molecule has 0 spiro atoms. The van der Waals surface area contributed by atoms with Crippen molar-refractivity contribution in [2.45, 2.75) is 6.36 Å². The number of nitro benzene ring substituents is 1. The summed E-state index contributed by atoms with van der Waals surface area (Å²) in [7, 11) is 0. The Hall–Kier alpha value is -3.63. The minimum absolute atomic E-state index is 0.0691. The molecule has 8 nitrogen and oxygen atoms in total. The Morgan fingerprint density at radius 1 is 1.19 bits per heavy atom. The van der Waals surface area contributed by atoms with Crippen molar-refractivity contribution in [1.29, 1.82) is 0 Å². The lowest BCUT2D eigenvalue weighted by Gasteiger charge is -2.10. The highest BCUT2D eigenvalue weighted by atomic mass is 19.4. The molecule has 1 N–H and O–H groups in total. The number of carbonyl (C=O) groups is 2. The number of amides is 1. The Balaban J connectivity index is 1.97. The molecule has 142 valence electrons. The van der Waals surface area contributed by atoms with E-state index in [-0.39, 0.29) is 17.0 Å². The number of aldehydes is 1. The molecule has 2 aromatic carbocycles. The molecule has 0 radical (unpaired) electrons. The van der Waals surface area contributed by atoms with Gasteiger partial charge in [0.05, 0.1) is 4.92 Å². The van der Waals surface area contributed by atoms with Crippen LogP contribution in [0.3, 0.4) is 0 Å². The Labute approximate surface area is 149 Å². The van der Waals surface area contributed by atoms with Gasteiger partial charge in [-0.05, 0) is 36.4 Å². The molecule has 0 saturated heterocycles. The van der Waals surface area contributed by atoms with E-state index in [1.165, 1.54) is 24.3 Å². The van der Waals surface area contributed by atoms with Crippen LogP contribution in [0.4, 0.5) is 24.5 Å². The summed E-state index contributed by atoms with van der Waals surface area (Å²) in [5.41, 5.74) is -0.246. The molecule has 11 heteroatoms. The number of hydrogen-bond donors (Lipinski definition) is 1. The zero-order valence-electron chi connectivity index (χ0n) is 13.4. The average Bonchev–Trinajstić information content (AvgIpc) is 2.60. The van der Waals surface area contributed by atoms with E-state index in [9.17, 15) is 32.9 Å². The van der Waals surface area contributed by atoms with Gasteiger partial charge >= 0.3 is 12.0 Å². The van der Waals surface area contributed by atoms with Crippen LogP contribution in [0.25, 0.3) is 0 Å². The number of anilines is 1. The maximum absolute atomic E-state index is 12.1. The zero-order valence-corrected chi connectivity index (χ0v) is 13.4. The molecule has 27 heavy (non-hydrogen) atoms. The minimum atomic E-state index is -4.83. The number of hydrogen-bond acceptors (Lipinski definition) is 6. The molecule has 0 aliphatic heterocycles. The maximum Gasteiger partial charge on any atom is 0.573 e. The second-order valence-electron chi connectivity index (χ2n) is 5.01. The second kappa shape index (κ2) is 8.17. The van der Waals surface area contributed by atoms with E-state index in [0.29, 0.717) is 6.29 Å². The van der Waals surface area contributed by atoms with Crippen LogP contribution >= 0.6 is 0 Å². The molecule has 0 unspecified atom stereocenters. The smallest absolute Gasteiger partial charge is 0.477 e. The van der Waals surface area contributed by atoms with Crippen molar-refractivity contribution < 1.29 is 37.2 Å². The highest BCUT2D eigenvalue weighted by molar-refractivity contribution is 5.92. The number of nitro groups is 1. The molecule has 1 amide bonds. The van der Waals surface area contributed by atoms with E-state index in [1.807, 2.05) is 0 Å². The molecule has 2 aromatic rings. The number of carbonyl (C=O) groups excluding carboxylic acids is 2. The third-order valence-corrected chi connectivity index (χ3v) is 3.05. The summed E-state index contributed by atoms with van der Waals surface area (Å²) in [6.45, 7) is -0.595. The van der Waals surface area contributed by atoms with Crippen LogP contribution in [-0.2, 0) is 4.79 Å². The van der Waals surface area contributed by atoms with Gasteiger partial charge in [-0.3, -0.25) is 19.7 Å². The Morgan fingerprint density at radius 2 is 1.85 bits per heavy atom. The Bertz CT molecular complexity index is 852. The van der Waals surface area contributed by atoms with Gasteiger partial charge in [0.25, 0.3) is 5.91 Å². The van der Waals surface area contributed by atoms with E-state index in [2.05, 4.69) is 10.1 Å². The van der Waals surface area contributed by atoms with Crippen LogP contribution in [0.2, 0.25) is 0 Å². The molecule has 0 aromatic heterocycles. The van der Waals surface area contributed by atoms with Crippen molar-refractivity contribution in [3.05, 3.63) is 58.1 Å². The van der Waals surface area contributed by atoms with Gasteiger partial charge in [0, 0.05) is 17.3 Å². The van der Waals surface area contributed by atoms with E-state index < -0.39 is 35.2 Å². The lowest BCUT2D eigenvalue weighted by atomic mass is 10.2. The fraction of sp³-hybridized carbons (Fsp3) is 0.125. The van der Waals surface area contributed by atoms with Crippen molar-refractivity contribution >= 4 is 23.6 Å². The number of ether oxygens (including phenoxy) is 2. The molecular weight excluding hydrogens is 373 g/mol. The van der Waals surface area contributed by atoms with Gasteiger partial charge in [-0.15, -0.1) is 13.2 Å². The first-order chi connectivity index (χ1) is 12.7. The van der Waals surface area contributed by atoms with Crippen LogP contribution in [-0.4, -0.2) is 30.1 Å². The van der Waals surface area contributed by atoms with E-state index in [4.69, 9.17) is 4.74 Å². The fourth-order valence-corrected chi connectivity index (χ4v) is 1.95. The van der Waals surface area contributed by atoms with E-state index >= 15 is 0 Å². The van der Waals surface area contributed by atoms with Gasteiger partial charge < -0.3 is 14.8 Å². The lowest BCUT2D eigenvalue weighted by molar-refractivity contribution is -0.385. The van der Waals surface area contributed by atoms with Crippen molar-refractivity contribution in [3.8, 4) is 11.5 Å². The molecule has 0 saturated carbocycles. The number of nitrogens with zero attached hydrogens (tertiary/aromatic N) is 1. The van der Waals surface area contributed by atoms with Gasteiger partial charge in [-0.1, -0.05) is 0 Å². The predicted octanol–water partition coefficient (Wildman–Crippen LogP) is 3.32. The first-order valence-corrected chi connectivity index (χ1v) is 7.20.